The molecule has 0 aliphatic rings. The van der Waals surface area contributed by atoms with Gasteiger partial charge < -0.3 is 4.74 Å². The highest BCUT2D eigenvalue weighted by Crippen LogP contribution is 2.21. The van der Waals surface area contributed by atoms with Crippen molar-refractivity contribution in [2.45, 2.75) is 54.1 Å². The number of aryl methyl sites for hydroxylation is 2. The van der Waals surface area contributed by atoms with Gasteiger partial charge in [0.25, 0.3) is 0 Å². The summed E-state index contributed by atoms with van der Waals surface area (Å²) in [5, 5.41) is 0. The van der Waals surface area contributed by atoms with E-state index >= 15 is 0 Å². The van der Waals surface area contributed by atoms with Crippen molar-refractivity contribution in [2.24, 2.45) is 5.92 Å². The molecule has 110 valence electrons. The number of rotatable bonds is 3. The summed E-state index contributed by atoms with van der Waals surface area (Å²) in [4.78, 5) is 24.3. The third-order valence-electron chi connectivity index (χ3n) is 2.98. The molecule has 0 radical (unpaired) electrons. The van der Waals surface area contributed by atoms with E-state index in [-0.39, 0.29) is 17.7 Å². The van der Waals surface area contributed by atoms with E-state index in [0.717, 1.165) is 11.1 Å². The topological polar surface area (TPSA) is 43.4 Å². The van der Waals surface area contributed by atoms with Crippen LogP contribution in [0.25, 0.3) is 0 Å². The summed E-state index contributed by atoms with van der Waals surface area (Å²) in [5.74, 6) is -0.302. The standard InChI is InChI=1S/C17H24O3/c1-10(2)15(18)13-8-12(4)14(9-11(13)3)16(19)20-17(5,6)7/h8-10H,1-7H3. The van der Waals surface area contributed by atoms with Crippen LogP contribution in [0.2, 0.25) is 0 Å². The molecule has 0 amide bonds. The molecule has 0 N–H and O–H groups in total. The minimum absolute atomic E-state index is 0.0551. The zero-order valence-corrected chi connectivity index (χ0v) is 13.5. The average molecular weight is 276 g/mol. The van der Waals surface area contributed by atoms with E-state index in [1.54, 1.807) is 12.1 Å². The van der Waals surface area contributed by atoms with Gasteiger partial charge in [-0.25, -0.2) is 4.79 Å². The summed E-state index contributed by atoms with van der Waals surface area (Å²) < 4.78 is 5.38. The van der Waals surface area contributed by atoms with Crippen molar-refractivity contribution in [1.29, 1.82) is 0 Å². The highest BCUT2D eigenvalue weighted by Gasteiger charge is 2.22. The van der Waals surface area contributed by atoms with Crippen LogP contribution in [-0.2, 0) is 4.74 Å². The Kier molecular flexibility index (Phi) is 4.74. The van der Waals surface area contributed by atoms with Gasteiger partial charge in [0.2, 0.25) is 0 Å². The van der Waals surface area contributed by atoms with Crippen molar-refractivity contribution >= 4 is 11.8 Å². The van der Waals surface area contributed by atoms with Gasteiger partial charge in [-0.15, -0.1) is 0 Å². The van der Waals surface area contributed by atoms with Crippen LogP contribution >= 0.6 is 0 Å². The molecule has 0 aliphatic heterocycles. The molecular weight excluding hydrogens is 252 g/mol. The Morgan fingerprint density at radius 2 is 1.45 bits per heavy atom. The van der Waals surface area contributed by atoms with Crippen LogP contribution in [0.5, 0.6) is 0 Å². The van der Waals surface area contributed by atoms with Gasteiger partial charge in [0, 0.05) is 11.5 Å². The lowest BCUT2D eigenvalue weighted by Crippen LogP contribution is -2.24. The van der Waals surface area contributed by atoms with Gasteiger partial charge >= 0.3 is 5.97 Å². The van der Waals surface area contributed by atoms with Crippen LogP contribution in [0, 0.1) is 19.8 Å². The predicted octanol–water partition coefficient (Wildman–Crippen LogP) is 4.10. The Balaban J connectivity index is 3.18. The maximum Gasteiger partial charge on any atom is 0.338 e. The van der Waals surface area contributed by atoms with Crippen molar-refractivity contribution < 1.29 is 14.3 Å². The SMILES string of the molecule is Cc1cc(C(=O)C(C)C)c(C)cc1C(=O)OC(C)(C)C. The monoisotopic (exact) mass is 276 g/mol. The van der Waals surface area contributed by atoms with E-state index in [4.69, 9.17) is 4.74 Å². The zero-order chi connectivity index (χ0) is 15.7. The first-order chi connectivity index (χ1) is 9.03. The first-order valence-electron chi connectivity index (χ1n) is 6.91. The van der Waals surface area contributed by atoms with Gasteiger partial charge in [0.1, 0.15) is 5.60 Å². The highest BCUT2D eigenvalue weighted by atomic mass is 16.6. The molecule has 0 saturated carbocycles. The molecule has 0 bridgehead atoms. The first kappa shape index (κ1) is 16.4. The molecule has 3 nitrogen and oxygen atoms in total. The molecule has 3 heteroatoms. The average Bonchev–Trinajstić information content (AvgIpc) is 2.28. The molecular formula is C17H24O3. The maximum absolute atomic E-state index is 12.1. The van der Waals surface area contributed by atoms with Crippen molar-refractivity contribution in [2.75, 3.05) is 0 Å². The maximum atomic E-state index is 12.1. The van der Waals surface area contributed by atoms with Gasteiger partial charge in [0.05, 0.1) is 5.56 Å². The third kappa shape index (κ3) is 3.92. The van der Waals surface area contributed by atoms with E-state index in [9.17, 15) is 9.59 Å². The smallest absolute Gasteiger partial charge is 0.338 e. The Labute approximate surface area is 121 Å². The second kappa shape index (κ2) is 5.78. The molecule has 1 rings (SSSR count). The Bertz CT molecular complexity index is 534. The lowest BCUT2D eigenvalue weighted by Gasteiger charge is -2.21. The van der Waals surface area contributed by atoms with Gasteiger partial charge in [-0.3, -0.25) is 4.79 Å². The number of hydrogen-bond acceptors (Lipinski definition) is 3. The van der Waals surface area contributed by atoms with Crippen LogP contribution in [0.15, 0.2) is 12.1 Å². The Hall–Kier alpha value is -1.64. The molecule has 0 heterocycles. The predicted molar refractivity (Wildman–Crippen MR) is 80.3 cm³/mol. The number of benzene rings is 1. The number of carbonyl (C=O) groups is 2. The normalized spacial score (nSPS) is 11.6. The summed E-state index contributed by atoms with van der Waals surface area (Å²) in [6, 6.07) is 3.54. The van der Waals surface area contributed by atoms with Crippen LogP contribution in [0.1, 0.15) is 66.5 Å². The Morgan fingerprint density at radius 3 is 1.90 bits per heavy atom. The zero-order valence-electron chi connectivity index (χ0n) is 13.5. The summed E-state index contributed by atoms with van der Waals surface area (Å²) in [7, 11) is 0. The van der Waals surface area contributed by atoms with Crippen molar-refractivity contribution in [3.8, 4) is 0 Å². The summed E-state index contributed by atoms with van der Waals surface area (Å²) in [5.41, 5.74) is 2.27. The number of esters is 1. The van der Waals surface area contributed by atoms with Gasteiger partial charge in [-0.1, -0.05) is 13.8 Å². The summed E-state index contributed by atoms with van der Waals surface area (Å²) in [6.45, 7) is 12.9. The van der Waals surface area contributed by atoms with E-state index in [0.29, 0.717) is 11.1 Å². The van der Waals surface area contributed by atoms with Gasteiger partial charge in [-0.05, 0) is 57.9 Å². The molecule has 20 heavy (non-hydrogen) atoms. The summed E-state index contributed by atoms with van der Waals surface area (Å²) in [6.07, 6.45) is 0. The van der Waals surface area contributed by atoms with Gasteiger partial charge in [0.15, 0.2) is 5.78 Å². The van der Waals surface area contributed by atoms with Crippen LogP contribution in [-0.4, -0.2) is 17.4 Å². The molecule has 1 aromatic rings. The highest BCUT2D eigenvalue weighted by molar-refractivity contribution is 6.00. The van der Waals surface area contributed by atoms with E-state index < -0.39 is 5.60 Å². The number of ketones is 1. The van der Waals surface area contributed by atoms with Crippen LogP contribution in [0.3, 0.4) is 0 Å². The minimum Gasteiger partial charge on any atom is -0.456 e. The fourth-order valence-corrected chi connectivity index (χ4v) is 1.95. The molecule has 0 atom stereocenters. The second-order valence-electron chi connectivity index (χ2n) is 6.50. The van der Waals surface area contributed by atoms with Crippen molar-refractivity contribution in [3.63, 3.8) is 0 Å². The lowest BCUT2D eigenvalue weighted by atomic mass is 9.93. The van der Waals surface area contributed by atoms with Crippen LogP contribution < -0.4 is 0 Å². The first-order valence-corrected chi connectivity index (χ1v) is 6.91. The summed E-state index contributed by atoms with van der Waals surface area (Å²) >= 11 is 0. The largest absolute Gasteiger partial charge is 0.456 e. The number of carbonyl (C=O) groups excluding carboxylic acids is 2. The lowest BCUT2D eigenvalue weighted by molar-refractivity contribution is 0.00684. The van der Waals surface area contributed by atoms with Crippen molar-refractivity contribution in [1.82, 2.24) is 0 Å². The van der Waals surface area contributed by atoms with E-state index in [1.165, 1.54) is 0 Å². The molecule has 0 saturated heterocycles. The fraction of sp³-hybridized carbons (Fsp3) is 0.529. The quantitative estimate of drug-likeness (QED) is 0.616. The molecule has 0 aliphatic carbocycles. The number of ether oxygens (including phenoxy) is 1. The molecule has 1 aromatic carbocycles. The third-order valence-corrected chi connectivity index (χ3v) is 2.98. The van der Waals surface area contributed by atoms with Crippen molar-refractivity contribution in [3.05, 3.63) is 34.4 Å². The molecule has 0 fully saturated rings. The van der Waals surface area contributed by atoms with Crippen LogP contribution in [0.4, 0.5) is 0 Å². The van der Waals surface area contributed by atoms with Gasteiger partial charge in [-0.2, -0.15) is 0 Å². The molecule has 0 spiro atoms. The molecule has 0 aromatic heterocycles. The fourth-order valence-electron chi connectivity index (χ4n) is 1.95. The van der Waals surface area contributed by atoms with E-state index in [1.807, 2.05) is 48.5 Å². The minimum atomic E-state index is -0.524. The number of hydrogen-bond donors (Lipinski definition) is 0. The number of Topliss-reactive ketones (excluding diaryl/α,β-unsaturated/α-hetero) is 1. The molecule has 0 unspecified atom stereocenters. The van der Waals surface area contributed by atoms with E-state index in [2.05, 4.69) is 0 Å². The second-order valence-corrected chi connectivity index (χ2v) is 6.50. The Morgan fingerprint density at radius 1 is 1.00 bits per heavy atom.